The van der Waals surface area contributed by atoms with Crippen molar-refractivity contribution in [3.8, 4) is 0 Å². The van der Waals surface area contributed by atoms with Crippen LogP contribution in [0.25, 0.3) is 10.8 Å². The first-order chi connectivity index (χ1) is 8.11. The molecule has 88 valence electrons. The molecule has 0 saturated heterocycles. The molecule has 2 aromatic carbocycles. The van der Waals surface area contributed by atoms with Gasteiger partial charge in [-0.1, -0.05) is 38.1 Å². The van der Waals surface area contributed by atoms with Crippen LogP contribution in [0.3, 0.4) is 0 Å². The molecule has 2 rings (SSSR count). The molecule has 2 aromatic rings. The number of carbonyl (C=O) groups is 1. The van der Waals surface area contributed by atoms with E-state index in [-0.39, 0.29) is 5.97 Å². The maximum Gasteiger partial charge on any atom is 0.337 e. The van der Waals surface area contributed by atoms with Crippen LogP contribution in [-0.4, -0.2) is 13.1 Å². The topological polar surface area (TPSA) is 26.3 Å². The largest absolute Gasteiger partial charge is 0.465 e. The molecule has 0 aliphatic carbocycles. The smallest absolute Gasteiger partial charge is 0.337 e. The van der Waals surface area contributed by atoms with Crippen molar-refractivity contribution in [1.29, 1.82) is 0 Å². The van der Waals surface area contributed by atoms with Crippen molar-refractivity contribution in [2.75, 3.05) is 7.11 Å². The third kappa shape index (κ3) is 2.31. The van der Waals surface area contributed by atoms with Gasteiger partial charge in [-0.05, 0) is 34.4 Å². The highest BCUT2D eigenvalue weighted by molar-refractivity contribution is 5.95. The van der Waals surface area contributed by atoms with Gasteiger partial charge in [-0.3, -0.25) is 0 Å². The molecular weight excluding hydrogens is 212 g/mol. The number of methoxy groups -OCH3 is 1. The summed E-state index contributed by atoms with van der Waals surface area (Å²) in [7, 11) is 1.40. The lowest BCUT2D eigenvalue weighted by Crippen LogP contribution is -2.00. The van der Waals surface area contributed by atoms with Gasteiger partial charge in [0.05, 0.1) is 12.7 Å². The fraction of sp³-hybridized carbons (Fsp3) is 0.267. The van der Waals surface area contributed by atoms with E-state index < -0.39 is 0 Å². The van der Waals surface area contributed by atoms with Crippen molar-refractivity contribution in [2.24, 2.45) is 0 Å². The monoisotopic (exact) mass is 228 g/mol. The van der Waals surface area contributed by atoms with Crippen molar-refractivity contribution in [3.63, 3.8) is 0 Å². The quantitative estimate of drug-likeness (QED) is 0.732. The van der Waals surface area contributed by atoms with Crippen LogP contribution in [0.4, 0.5) is 0 Å². The molecule has 0 N–H and O–H groups in total. The highest BCUT2D eigenvalue weighted by Gasteiger charge is 2.06. The molecule has 0 fully saturated rings. The fourth-order valence-corrected chi connectivity index (χ4v) is 1.87. The molecule has 0 radical (unpaired) electrons. The average Bonchev–Trinajstić information content (AvgIpc) is 2.36. The van der Waals surface area contributed by atoms with Crippen molar-refractivity contribution < 1.29 is 9.53 Å². The first-order valence-corrected chi connectivity index (χ1v) is 5.74. The van der Waals surface area contributed by atoms with Gasteiger partial charge >= 0.3 is 5.97 Å². The zero-order valence-corrected chi connectivity index (χ0v) is 10.4. The lowest BCUT2D eigenvalue weighted by Gasteiger charge is -2.07. The molecule has 0 atom stereocenters. The number of fused-ring (bicyclic) bond motifs is 1. The Morgan fingerprint density at radius 1 is 1.06 bits per heavy atom. The molecule has 0 aliphatic heterocycles. The molecule has 0 saturated carbocycles. The lowest BCUT2D eigenvalue weighted by atomic mass is 9.98. The second kappa shape index (κ2) is 4.58. The summed E-state index contributed by atoms with van der Waals surface area (Å²) in [4.78, 5) is 11.4. The summed E-state index contributed by atoms with van der Waals surface area (Å²) in [5, 5.41) is 2.22. The molecule has 0 amide bonds. The van der Waals surface area contributed by atoms with E-state index in [1.54, 1.807) is 6.07 Å². The van der Waals surface area contributed by atoms with Crippen LogP contribution in [0.15, 0.2) is 36.4 Å². The van der Waals surface area contributed by atoms with Gasteiger partial charge in [-0.2, -0.15) is 0 Å². The maximum atomic E-state index is 11.4. The van der Waals surface area contributed by atoms with Gasteiger partial charge in [0, 0.05) is 0 Å². The van der Waals surface area contributed by atoms with Crippen LogP contribution in [0.2, 0.25) is 0 Å². The Morgan fingerprint density at radius 2 is 1.71 bits per heavy atom. The number of rotatable bonds is 2. The molecule has 2 nitrogen and oxygen atoms in total. The van der Waals surface area contributed by atoms with Gasteiger partial charge in [0.1, 0.15) is 0 Å². The van der Waals surface area contributed by atoms with Crippen molar-refractivity contribution in [1.82, 2.24) is 0 Å². The van der Waals surface area contributed by atoms with E-state index in [2.05, 4.69) is 32.0 Å². The normalized spacial score (nSPS) is 10.8. The summed E-state index contributed by atoms with van der Waals surface area (Å²) in [6.07, 6.45) is 0. The van der Waals surface area contributed by atoms with Crippen molar-refractivity contribution in [3.05, 3.63) is 47.5 Å². The number of ether oxygens (including phenoxy) is 1. The van der Waals surface area contributed by atoms with Crippen LogP contribution < -0.4 is 0 Å². The highest BCUT2D eigenvalue weighted by Crippen LogP contribution is 2.22. The minimum atomic E-state index is -0.292. The second-order valence-electron chi connectivity index (χ2n) is 4.47. The summed E-state index contributed by atoms with van der Waals surface area (Å²) in [6, 6.07) is 12.0. The minimum Gasteiger partial charge on any atom is -0.465 e. The minimum absolute atomic E-state index is 0.292. The van der Waals surface area contributed by atoms with E-state index in [1.807, 2.05) is 12.1 Å². The molecule has 2 heteroatoms. The second-order valence-corrected chi connectivity index (χ2v) is 4.47. The fourth-order valence-electron chi connectivity index (χ4n) is 1.87. The summed E-state index contributed by atoms with van der Waals surface area (Å²) in [6.45, 7) is 4.34. The Morgan fingerprint density at radius 3 is 2.35 bits per heavy atom. The first-order valence-electron chi connectivity index (χ1n) is 5.74. The molecule has 0 unspecified atom stereocenters. The molecule has 17 heavy (non-hydrogen) atoms. The third-order valence-electron chi connectivity index (χ3n) is 2.95. The molecule has 0 spiro atoms. The Bertz CT molecular complexity index is 556. The van der Waals surface area contributed by atoms with Crippen LogP contribution in [-0.2, 0) is 4.74 Å². The van der Waals surface area contributed by atoms with Gasteiger partial charge in [0.25, 0.3) is 0 Å². The molecule has 0 aromatic heterocycles. The molecule has 0 heterocycles. The standard InChI is InChI=1S/C15H16O2/c1-10(2)11-4-5-13-9-14(15(16)17-3)7-6-12(13)8-11/h4-10H,1-3H3. The molecule has 0 bridgehead atoms. The van der Waals surface area contributed by atoms with E-state index >= 15 is 0 Å². The Labute approximate surface area is 101 Å². The van der Waals surface area contributed by atoms with E-state index in [1.165, 1.54) is 12.7 Å². The van der Waals surface area contributed by atoms with Crippen LogP contribution in [0.5, 0.6) is 0 Å². The van der Waals surface area contributed by atoms with Crippen LogP contribution in [0, 0.1) is 0 Å². The maximum absolute atomic E-state index is 11.4. The lowest BCUT2D eigenvalue weighted by molar-refractivity contribution is 0.0601. The summed E-state index contributed by atoms with van der Waals surface area (Å²) in [5.41, 5.74) is 1.90. The zero-order valence-electron chi connectivity index (χ0n) is 10.4. The van der Waals surface area contributed by atoms with Crippen LogP contribution >= 0.6 is 0 Å². The first kappa shape index (κ1) is 11.6. The number of esters is 1. The third-order valence-corrected chi connectivity index (χ3v) is 2.95. The summed E-state index contributed by atoms with van der Waals surface area (Å²) < 4.78 is 4.71. The van der Waals surface area contributed by atoms with Gasteiger partial charge in [0.2, 0.25) is 0 Å². The predicted molar refractivity (Wildman–Crippen MR) is 69.4 cm³/mol. The van der Waals surface area contributed by atoms with E-state index in [0.29, 0.717) is 11.5 Å². The van der Waals surface area contributed by atoms with E-state index in [0.717, 1.165) is 10.8 Å². The highest BCUT2D eigenvalue weighted by atomic mass is 16.5. The van der Waals surface area contributed by atoms with E-state index in [9.17, 15) is 4.79 Å². The Balaban J connectivity index is 2.50. The van der Waals surface area contributed by atoms with Crippen molar-refractivity contribution in [2.45, 2.75) is 19.8 Å². The molecular formula is C15H16O2. The number of hydrogen-bond acceptors (Lipinski definition) is 2. The van der Waals surface area contributed by atoms with Gasteiger partial charge < -0.3 is 4.74 Å². The predicted octanol–water partition coefficient (Wildman–Crippen LogP) is 3.75. The summed E-state index contributed by atoms with van der Waals surface area (Å²) >= 11 is 0. The summed E-state index contributed by atoms with van der Waals surface area (Å²) in [5.74, 6) is 0.222. The number of carbonyl (C=O) groups excluding carboxylic acids is 1. The SMILES string of the molecule is COC(=O)c1ccc2cc(C(C)C)ccc2c1. The average molecular weight is 228 g/mol. The van der Waals surface area contributed by atoms with Crippen LogP contribution in [0.1, 0.15) is 35.7 Å². The van der Waals surface area contributed by atoms with Crippen molar-refractivity contribution >= 4 is 16.7 Å². The number of benzene rings is 2. The number of hydrogen-bond donors (Lipinski definition) is 0. The Kier molecular flexibility index (Phi) is 3.14. The molecule has 0 aliphatic rings. The van der Waals surface area contributed by atoms with Gasteiger partial charge in [0.15, 0.2) is 0 Å². The Hall–Kier alpha value is -1.83. The van der Waals surface area contributed by atoms with Gasteiger partial charge in [-0.15, -0.1) is 0 Å². The van der Waals surface area contributed by atoms with Gasteiger partial charge in [-0.25, -0.2) is 4.79 Å². The van der Waals surface area contributed by atoms with E-state index in [4.69, 9.17) is 4.74 Å². The zero-order chi connectivity index (χ0) is 12.4.